The van der Waals surface area contributed by atoms with Gasteiger partial charge >= 0.3 is 0 Å². The summed E-state index contributed by atoms with van der Waals surface area (Å²) >= 11 is 0. The number of fused-ring (bicyclic) bond motifs is 1. The number of rotatable bonds is 1. The second-order valence-corrected chi connectivity index (χ2v) is 4.46. The molecule has 0 saturated heterocycles. The number of aromatic nitrogens is 2. The number of nitrogens with zero attached hydrogens (tertiary/aromatic N) is 1. The molecule has 0 aromatic carbocycles. The number of carbonyl (C=O) groups is 1. The molecule has 3 rings (SSSR count). The molecule has 0 saturated carbocycles. The summed E-state index contributed by atoms with van der Waals surface area (Å²) in [6.07, 6.45) is 3.55. The van der Waals surface area contributed by atoms with E-state index in [1.54, 1.807) is 6.20 Å². The number of nitrogens with one attached hydrogen (secondary N) is 2. The van der Waals surface area contributed by atoms with Gasteiger partial charge in [0.05, 0.1) is 5.57 Å². The van der Waals surface area contributed by atoms with E-state index in [-0.39, 0.29) is 5.91 Å². The molecule has 1 aliphatic rings. The van der Waals surface area contributed by atoms with E-state index in [1.165, 1.54) is 0 Å². The Hall–Kier alpha value is -2.36. The molecule has 0 unspecified atom stereocenters. The van der Waals surface area contributed by atoms with Crippen LogP contribution in [0.3, 0.4) is 0 Å². The van der Waals surface area contributed by atoms with Crippen molar-refractivity contribution >= 4 is 23.4 Å². The topological polar surface area (TPSA) is 57.8 Å². The van der Waals surface area contributed by atoms with Crippen molar-refractivity contribution < 1.29 is 4.79 Å². The fourth-order valence-corrected chi connectivity index (χ4v) is 2.21. The first-order valence-corrected chi connectivity index (χ1v) is 5.80. The number of carbonyl (C=O) groups excluding carboxylic acids is 1. The number of H-pyrrole nitrogens is 1. The molecule has 4 heteroatoms. The molecule has 18 heavy (non-hydrogen) atoms. The van der Waals surface area contributed by atoms with Crippen LogP contribution in [0.2, 0.25) is 0 Å². The molecule has 1 aliphatic heterocycles. The summed E-state index contributed by atoms with van der Waals surface area (Å²) in [5, 5.41) is 2.76. The van der Waals surface area contributed by atoms with E-state index in [1.807, 2.05) is 32.1 Å². The molecular weight excluding hydrogens is 226 g/mol. The normalized spacial score (nSPS) is 15.9. The van der Waals surface area contributed by atoms with Crippen LogP contribution in [0.25, 0.3) is 11.6 Å². The van der Waals surface area contributed by atoms with Crippen LogP contribution in [0.5, 0.6) is 0 Å². The average Bonchev–Trinajstić information content (AvgIpc) is 2.81. The second-order valence-electron chi connectivity index (χ2n) is 4.46. The van der Waals surface area contributed by atoms with Crippen molar-refractivity contribution in [3.05, 3.63) is 46.9 Å². The number of hydrogen-bond donors (Lipinski definition) is 2. The molecule has 1 amide bonds. The van der Waals surface area contributed by atoms with E-state index < -0.39 is 0 Å². The molecule has 2 aromatic rings. The molecule has 90 valence electrons. The summed E-state index contributed by atoms with van der Waals surface area (Å²) in [6.45, 7) is 4.02. The number of anilines is 1. The van der Waals surface area contributed by atoms with Crippen LogP contribution in [0.15, 0.2) is 24.4 Å². The van der Waals surface area contributed by atoms with Gasteiger partial charge in [0, 0.05) is 23.1 Å². The third-order valence-corrected chi connectivity index (χ3v) is 3.05. The molecule has 0 bridgehead atoms. The van der Waals surface area contributed by atoms with Gasteiger partial charge in [0.25, 0.3) is 5.91 Å². The minimum absolute atomic E-state index is 0.102. The predicted molar refractivity (Wildman–Crippen MR) is 71.0 cm³/mol. The first-order valence-electron chi connectivity index (χ1n) is 5.80. The van der Waals surface area contributed by atoms with Crippen LogP contribution in [0, 0.1) is 13.8 Å². The fraction of sp³-hybridized carbons (Fsp3) is 0.143. The van der Waals surface area contributed by atoms with Crippen LogP contribution in [-0.2, 0) is 4.79 Å². The largest absolute Gasteiger partial charge is 0.359 e. The standard InChI is InChI=1S/C14H13N3O/c1-8-6-9(2)16-12(8)7-11-10-4-3-5-15-13(10)17-14(11)18/h3-7,16H,1-2H3,(H,15,17,18). The number of aromatic amines is 1. The molecule has 0 aliphatic carbocycles. The van der Waals surface area contributed by atoms with Crippen molar-refractivity contribution in [3.8, 4) is 0 Å². The highest BCUT2D eigenvalue weighted by molar-refractivity contribution is 6.34. The summed E-state index contributed by atoms with van der Waals surface area (Å²) in [5.74, 6) is 0.532. The molecule has 2 N–H and O–H groups in total. The van der Waals surface area contributed by atoms with Crippen LogP contribution in [-0.4, -0.2) is 15.9 Å². The highest BCUT2D eigenvalue weighted by Gasteiger charge is 2.24. The van der Waals surface area contributed by atoms with Crippen molar-refractivity contribution in [3.63, 3.8) is 0 Å². The Morgan fingerprint density at radius 1 is 1.33 bits per heavy atom. The summed E-state index contributed by atoms with van der Waals surface area (Å²) < 4.78 is 0. The summed E-state index contributed by atoms with van der Waals surface area (Å²) in [6, 6.07) is 5.79. The summed E-state index contributed by atoms with van der Waals surface area (Å²) in [5.41, 5.74) is 4.70. The van der Waals surface area contributed by atoms with Gasteiger partial charge in [-0.3, -0.25) is 4.79 Å². The Labute approximate surface area is 105 Å². The first kappa shape index (κ1) is 10.8. The van der Waals surface area contributed by atoms with Crippen molar-refractivity contribution in [2.24, 2.45) is 0 Å². The van der Waals surface area contributed by atoms with Crippen molar-refractivity contribution in [2.45, 2.75) is 13.8 Å². The minimum Gasteiger partial charge on any atom is -0.359 e. The van der Waals surface area contributed by atoms with Crippen LogP contribution in [0.4, 0.5) is 5.82 Å². The highest BCUT2D eigenvalue weighted by Crippen LogP contribution is 2.31. The Kier molecular flexibility index (Phi) is 2.30. The summed E-state index contributed by atoms with van der Waals surface area (Å²) in [4.78, 5) is 19.3. The van der Waals surface area contributed by atoms with E-state index >= 15 is 0 Å². The van der Waals surface area contributed by atoms with Gasteiger partial charge in [0.15, 0.2) is 0 Å². The van der Waals surface area contributed by atoms with Crippen LogP contribution >= 0.6 is 0 Å². The molecule has 4 nitrogen and oxygen atoms in total. The van der Waals surface area contributed by atoms with Gasteiger partial charge in [0.2, 0.25) is 0 Å². The maximum Gasteiger partial charge on any atom is 0.257 e. The van der Waals surface area contributed by atoms with Gasteiger partial charge < -0.3 is 10.3 Å². The average molecular weight is 239 g/mol. The maximum absolute atomic E-state index is 11.9. The zero-order chi connectivity index (χ0) is 12.7. The van der Waals surface area contributed by atoms with Crippen molar-refractivity contribution in [2.75, 3.05) is 5.32 Å². The molecule has 0 radical (unpaired) electrons. The van der Waals surface area contributed by atoms with E-state index in [2.05, 4.69) is 21.4 Å². The van der Waals surface area contributed by atoms with E-state index in [0.717, 1.165) is 22.5 Å². The van der Waals surface area contributed by atoms with E-state index in [4.69, 9.17) is 0 Å². The monoisotopic (exact) mass is 239 g/mol. The Morgan fingerprint density at radius 2 is 2.17 bits per heavy atom. The van der Waals surface area contributed by atoms with Gasteiger partial charge in [-0.25, -0.2) is 4.98 Å². The lowest BCUT2D eigenvalue weighted by molar-refractivity contribution is -0.110. The van der Waals surface area contributed by atoms with Crippen LogP contribution < -0.4 is 5.32 Å². The fourth-order valence-electron chi connectivity index (χ4n) is 2.21. The quantitative estimate of drug-likeness (QED) is 0.751. The van der Waals surface area contributed by atoms with Gasteiger partial charge in [-0.15, -0.1) is 0 Å². The van der Waals surface area contributed by atoms with Crippen molar-refractivity contribution in [1.29, 1.82) is 0 Å². The molecular formula is C14H13N3O. The molecule has 0 fully saturated rings. The zero-order valence-corrected chi connectivity index (χ0v) is 10.2. The van der Waals surface area contributed by atoms with E-state index in [0.29, 0.717) is 11.4 Å². The second kappa shape index (κ2) is 3.84. The third kappa shape index (κ3) is 1.62. The maximum atomic E-state index is 11.9. The van der Waals surface area contributed by atoms with E-state index in [9.17, 15) is 4.79 Å². The Bertz CT molecular complexity index is 667. The van der Waals surface area contributed by atoms with Crippen molar-refractivity contribution in [1.82, 2.24) is 9.97 Å². The smallest absolute Gasteiger partial charge is 0.257 e. The van der Waals surface area contributed by atoms with Gasteiger partial charge in [-0.1, -0.05) is 0 Å². The van der Waals surface area contributed by atoms with Gasteiger partial charge in [0.1, 0.15) is 5.82 Å². The number of pyridine rings is 1. The highest BCUT2D eigenvalue weighted by atomic mass is 16.2. The summed E-state index contributed by atoms with van der Waals surface area (Å²) in [7, 11) is 0. The molecule has 0 atom stereocenters. The minimum atomic E-state index is -0.102. The van der Waals surface area contributed by atoms with Crippen LogP contribution in [0.1, 0.15) is 22.5 Å². The molecule has 3 heterocycles. The first-order chi connectivity index (χ1) is 8.65. The Morgan fingerprint density at radius 3 is 2.89 bits per heavy atom. The molecule has 0 spiro atoms. The SMILES string of the molecule is Cc1cc(C)c(C=C2C(=O)Nc3ncccc32)[nH]1. The predicted octanol–water partition coefficient (Wildman–Crippen LogP) is 2.52. The number of amides is 1. The zero-order valence-electron chi connectivity index (χ0n) is 10.2. The number of hydrogen-bond acceptors (Lipinski definition) is 2. The number of aryl methyl sites for hydroxylation is 2. The third-order valence-electron chi connectivity index (χ3n) is 3.05. The lowest BCUT2D eigenvalue weighted by Crippen LogP contribution is -2.04. The van der Waals surface area contributed by atoms with Gasteiger partial charge in [-0.2, -0.15) is 0 Å². The van der Waals surface area contributed by atoms with Gasteiger partial charge in [-0.05, 0) is 43.7 Å². The Balaban J connectivity index is 2.12. The lowest BCUT2D eigenvalue weighted by Gasteiger charge is -1.97. The molecule has 2 aromatic heterocycles. The lowest BCUT2D eigenvalue weighted by atomic mass is 10.1.